The van der Waals surface area contributed by atoms with Crippen molar-refractivity contribution in [3.8, 4) is 11.3 Å². The van der Waals surface area contributed by atoms with E-state index in [0.29, 0.717) is 24.5 Å². The number of aliphatic carboxylic acids is 1. The maximum Gasteiger partial charge on any atom is 0.326 e. The first kappa shape index (κ1) is 28.4. The van der Waals surface area contributed by atoms with Gasteiger partial charge in [-0.1, -0.05) is 6.07 Å². The minimum absolute atomic E-state index is 0.0533. The molecule has 0 saturated heterocycles. The minimum Gasteiger partial charge on any atom is -0.480 e. The van der Waals surface area contributed by atoms with Gasteiger partial charge in [0.1, 0.15) is 17.7 Å². The van der Waals surface area contributed by atoms with Crippen LogP contribution >= 0.6 is 0 Å². The van der Waals surface area contributed by atoms with Gasteiger partial charge in [-0.25, -0.2) is 14.8 Å². The molecule has 39 heavy (non-hydrogen) atoms. The van der Waals surface area contributed by atoms with Gasteiger partial charge in [-0.15, -0.1) is 0 Å². The molecule has 10 nitrogen and oxygen atoms in total. The highest BCUT2D eigenvalue weighted by Crippen LogP contribution is 2.21. The number of unbranched alkanes of at least 4 members (excludes halogenated alkanes) is 1. The molecule has 1 aliphatic heterocycles. The zero-order chi connectivity index (χ0) is 27.5. The lowest BCUT2D eigenvalue weighted by Crippen LogP contribution is -2.38. The van der Waals surface area contributed by atoms with E-state index in [4.69, 9.17) is 9.72 Å². The Labute approximate surface area is 230 Å². The van der Waals surface area contributed by atoms with Crippen molar-refractivity contribution >= 4 is 17.6 Å². The van der Waals surface area contributed by atoms with Crippen molar-refractivity contribution in [1.82, 2.24) is 24.8 Å². The summed E-state index contributed by atoms with van der Waals surface area (Å²) in [5, 5.41) is 16.4. The molecule has 3 aromatic heterocycles. The van der Waals surface area contributed by atoms with Gasteiger partial charge < -0.3 is 25.4 Å². The van der Waals surface area contributed by atoms with Gasteiger partial charge in [0.15, 0.2) is 0 Å². The summed E-state index contributed by atoms with van der Waals surface area (Å²) in [5.74, 6) is 0.552. The number of rotatable bonds is 15. The topological polar surface area (TPSA) is 125 Å². The van der Waals surface area contributed by atoms with Gasteiger partial charge in [-0.05, 0) is 75.8 Å². The van der Waals surface area contributed by atoms with E-state index < -0.39 is 12.0 Å². The van der Waals surface area contributed by atoms with Crippen LogP contribution in [0, 0.1) is 0 Å². The fourth-order valence-corrected chi connectivity index (χ4v) is 4.73. The maximum atomic E-state index is 12.1. The van der Waals surface area contributed by atoms with Crippen LogP contribution in [0.25, 0.3) is 11.3 Å². The third-order valence-electron chi connectivity index (χ3n) is 6.99. The molecular formula is C29H39N7O3. The monoisotopic (exact) mass is 533 g/mol. The SMILES string of the molecule is CO[C@H](C)CN(CCCCc1ccc2c(n1)NCCC2)CC[C@H](Nc1cncc(-c2ccncc2)n1)C(=O)O. The largest absolute Gasteiger partial charge is 0.480 e. The van der Waals surface area contributed by atoms with Crippen molar-refractivity contribution in [2.24, 2.45) is 0 Å². The second-order valence-electron chi connectivity index (χ2n) is 9.99. The molecule has 2 atom stereocenters. The van der Waals surface area contributed by atoms with Crippen LogP contribution in [-0.4, -0.2) is 81.3 Å². The van der Waals surface area contributed by atoms with Gasteiger partial charge in [-0.3, -0.25) is 9.97 Å². The highest BCUT2D eigenvalue weighted by atomic mass is 16.5. The zero-order valence-electron chi connectivity index (χ0n) is 22.8. The molecule has 0 amide bonds. The summed E-state index contributed by atoms with van der Waals surface area (Å²) in [4.78, 5) is 32.0. The number of nitrogens with one attached hydrogen (secondary N) is 2. The lowest BCUT2D eigenvalue weighted by Gasteiger charge is -2.26. The van der Waals surface area contributed by atoms with Crippen LogP contribution in [0.1, 0.15) is 43.9 Å². The second-order valence-corrected chi connectivity index (χ2v) is 9.99. The molecule has 0 fully saturated rings. The van der Waals surface area contributed by atoms with Crippen molar-refractivity contribution in [3.05, 3.63) is 60.3 Å². The van der Waals surface area contributed by atoms with Gasteiger partial charge in [0.25, 0.3) is 0 Å². The Hall–Kier alpha value is -3.63. The molecule has 4 heterocycles. The number of hydrogen-bond acceptors (Lipinski definition) is 9. The molecule has 0 saturated carbocycles. The smallest absolute Gasteiger partial charge is 0.326 e. The number of nitrogens with zero attached hydrogens (tertiary/aromatic N) is 5. The van der Waals surface area contributed by atoms with Crippen LogP contribution in [0.15, 0.2) is 49.1 Å². The van der Waals surface area contributed by atoms with Crippen molar-refractivity contribution in [1.29, 1.82) is 0 Å². The Kier molecular flexibility index (Phi) is 10.6. The van der Waals surface area contributed by atoms with E-state index in [2.05, 4.69) is 42.6 Å². The van der Waals surface area contributed by atoms with Crippen LogP contribution in [0.4, 0.5) is 11.6 Å². The van der Waals surface area contributed by atoms with Crippen LogP contribution in [0.5, 0.6) is 0 Å². The number of aryl methyl sites for hydroxylation is 2. The lowest BCUT2D eigenvalue weighted by molar-refractivity contribution is -0.138. The van der Waals surface area contributed by atoms with Gasteiger partial charge in [0, 0.05) is 50.4 Å². The number of pyridine rings is 2. The number of carbonyl (C=O) groups is 1. The van der Waals surface area contributed by atoms with Gasteiger partial charge in [0.2, 0.25) is 0 Å². The van der Waals surface area contributed by atoms with Crippen molar-refractivity contribution in [2.45, 2.75) is 57.6 Å². The molecule has 0 aliphatic carbocycles. The number of methoxy groups -OCH3 is 1. The first-order valence-corrected chi connectivity index (χ1v) is 13.7. The number of anilines is 2. The Balaban J connectivity index is 1.30. The third-order valence-corrected chi connectivity index (χ3v) is 6.99. The average Bonchev–Trinajstić information content (AvgIpc) is 2.97. The molecule has 0 radical (unpaired) electrons. The maximum absolute atomic E-state index is 12.1. The predicted octanol–water partition coefficient (Wildman–Crippen LogP) is 3.91. The normalized spacial score (nSPS) is 14.3. The molecular weight excluding hydrogens is 494 g/mol. The number of aromatic nitrogens is 4. The quantitative estimate of drug-likeness (QED) is 0.248. The Morgan fingerprint density at radius 2 is 1.97 bits per heavy atom. The first-order chi connectivity index (χ1) is 19.0. The molecule has 10 heteroatoms. The van der Waals surface area contributed by atoms with E-state index in [-0.39, 0.29) is 6.10 Å². The molecule has 208 valence electrons. The lowest BCUT2D eigenvalue weighted by atomic mass is 10.1. The van der Waals surface area contributed by atoms with Crippen molar-refractivity contribution < 1.29 is 14.6 Å². The van der Waals surface area contributed by atoms with Gasteiger partial charge >= 0.3 is 5.97 Å². The van der Waals surface area contributed by atoms with Crippen molar-refractivity contribution in [3.63, 3.8) is 0 Å². The van der Waals surface area contributed by atoms with Crippen LogP contribution in [0.3, 0.4) is 0 Å². The second kappa shape index (κ2) is 14.5. The van der Waals surface area contributed by atoms with E-state index in [9.17, 15) is 9.90 Å². The summed E-state index contributed by atoms with van der Waals surface area (Å²) in [6.07, 6.45) is 12.2. The highest BCUT2D eigenvalue weighted by molar-refractivity contribution is 5.77. The van der Waals surface area contributed by atoms with E-state index in [1.807, 2.05) is 19.1 Å². The van der Waals surface area contributed by atoms with E-state index in [1.54, 1.807) is 31.9 Å². The first-order valence-electron chi connectivity index (χ1n) is 13.7. The summed E-state index contributed by atoms with van der Waals surface area (Å²) in [7, 11) is 1.70. The molecule has 0 spiro atoms. The number of ether oxygens (including phenoxy) is 1. The van der Waals surface area contributed by atoms with E-state index in [0.717, 1.165) is 68.8 Å². The summed E-state index contributed by atoms with van der Waals surface area (Å²) < 4.78 is 5.50. The molecule has 3 aromatic rings. The standard InChI is InChI=1S/C29H39N7O3/c1-21(39-2)20-36(16-4-3-7-24-9-8-23-6-5-13-32-28(23)33-24)17-12-25(29(37)38)34-27-19-31-18-26(35-27)22-10-14-30-15-11-22/h8-11,14-15,18-19,21,25H,3-7,12-13,16-17,20H2,1-2H3,(H,32,33)(H,34,35)(H,37,38)/t21-,25+/m1/s1. The van der Waals surface area contributed by atoms with E-state index in [1.165, 1.54) is 5.56 Å². The molecule has 3 N–H and O–H groups in total. The Morgan fingerprint density at radius 1 is 1.13 bits per heavy atom. The number of carboxylic acids is 1. The molecule has 4 rings (SSSR count). The molecule has 1 aliphatic rings. The fraction of sp³-hybridized carbons (Fsp3) is 0.483. The summed E-state index contributed by atoms with van der Waals surface area (Å²) >= 11 is 0. The summed E-state index contributed by atoms with van der Waals surface area (Å²) in [6.45, 7) is 5.24. The van der Waals surface area contributed by atoms with E-state index >= 15 is 0 Å². The molecule has 0 bridgehead atoms. The van der Waals surface area contributed by atoms with Gasteiger partial charge in [-0.2, -0.15) is 0 Å². The highest BCUT2D eigenvalue weighted by Gasteiger charge is 2.20. The summed E-state index contributed by atoms with van der Waals surface area (Å²) in [5.41, 5.74) is 3.95. The van der Waals surface area contributed by atoms with Crippen LogP contribution < -0.4 is 10.6 Å². The minimum atomic E-state index is -0.919. The fourth-order valence-electron chi connectivity index (χ4n) is 4.73. The number of carboxylic acid groups (broad SMARTS) is 1. The predicted molar refractivity (Wildman–Crippen MR) is 152 cm³/mol. The average molecular weight is 534 g/mol. The number of hydrogen-bond donors (Lipinski definition) is 3. The zero-order valence-corrected chi connectivity index (χ0v) is 22.8. The number of fused-ring (bicyclic) bond motifs is 1. The third kappa shape index (κ3) is 8.69. The molecule has 0 aromatic carbocycles. The van der Waals surface area contributed by atoms with Crippen LogP contribution in [0.2, 0.25) is 0 Å². The Bertz CT molecular complexity index is 1190. The van der Waals surface area contributed by atoms with Gasteiger partial charge in [0.05, 0.1) is 24.2 Å². The Morgan fingerprint density at radius 3 is 2.77 bits per heavy atom. The summed E-state index contributed by atoms with van der Waals surface area (Å²) in [6, 6.07) is 7.24. The van der Waals surface area contributed by atoms with Crippen LogP contribution in [-0.2, 0) is 22.4 Å². The van der Waals surface area contributed by atoms with Crippen molar-refractivity contribution in [2.75, 3.05) is 43.9 Å². The molecule has 0 unspecified atom stereocenters.